The number of carbonyl (C=O) groups excluding carboxylic acids is 1. The Balaban J connectivity index is 1.63. The van der Waals surface area contributed by atoms with Crippen molar-refractivity contribution in [3.8, 4) is 17.6 Å². The van der Waals surface area contributed by atoms with Gasteiger partial charge in [-0.2, -0.15) is 5.26 Å². The number of amides is 1. The van der Waals surface area contributed by atoms with Crippen molar-refractivity contribution in [2.75, 3.05) is 17.2 Å². The van der Waals surface area contributed by atoms with E-state index >= 15 is 0 Å². The van der Waals surface area contributed by atoms with Gasteiger partial charge in [-0.05, 0) is 42.5 Å². The highest BCUT2D eigenvalue weighted by molar-refractivity contribution is 5.95. The molecule has 1 amide bonds. The SMILES string of the molecule is N#Cc1cccc(NCC(=O)Nc2ccccc2Oc2ccccc2)c1. The molecule has 0 radical (unpaired) electrons. The van der Waals surface area contributed by atoms with Crippen molar-refractivity contribution in [3.05, 3.63) is 84.4 Å². The van der Waals surface area contributed by atoms with Crippen LogP contribution >= 0.6 is 0 Å². The average molecular weight is 343 g/mol. The van der Waals surface area contributed by atoms with Gasteiger partial charge in [0.1, 0.15) is 5.75 Å². The van der Waals surface area contributed by atoms with Gasteiger partial charge in [-0.15, -0.1) is 0 Å². The third-order valence-corrected chi connectivity index (χ3v) is 3.58. The summed E-state index contributed by atoms with van der Waals surface area (Å²) in [5.41, 5.74) is 1.85. The average Bonchev–Trinajstić information content (AvgIpc) is 2.69. The molecule has 0 unspecified atom stereocenters. The molecule has 128 valence electrons. The molecule has 0 aromatic heterocycles. The zero-order chi connectivity index (χ0) is 18.2. The Hall–Kier alpha value is -3.78. The first-order valence-electron chi connectivity index (χ1n) is 8.10. The fraction of sp³-hybridized carbons (Fsp3) is 0.0476. The number of hydrogen-bond acceptors (Lipinski definition) is 4. The van der Waals surface area contributed by atoms with E-state index in [2.05, 4.69) is 16.7 Å². The van der Waals surface area contributed by atoms with Crippen LogP contribution in [-0.4, -0.2) is 12.5 Å². The molecule has 0 bridgehead atoms. The van der Waals surface area contributed by atoms with Crippen LogP contribution in [0.25, 0.3) is 0 Å². The molecule has 26 heavy (non-hydrogen) atoms. The molecule has 0 aliphatic heterocycles. The maximum Gasteiger partial charge on any atom is 0.243 e. The number of nitrogens with zero attached hydrogens (tertiary/aromatic N) is 1. The Morgan fingerprint density at radius 3 is 2.54 bits per heavy atom. The third kappa shape index (κ3) is 4.62. The molecule has 2 N–H and O–H groups in total. The molecule has 0 aliphatic carbocycles. The Morgan fingerprint density at radius 1 is 0.962 bits per heavy atom. The lowest BCUT2D eigenvalue weighted by atomic mass is 10.2. The normalized spacial score (nSPS) is 9.81. The minimum Gasteiger partial charge on any atom is -0.455 e. The van der Waals surface area contributed by atoms with Crippen molar-refractivity contribution in [2.24, 2.45) is 0 Å². The van der Waals surface area contributed by atoms with Crippen LogP contribution in [0.5, 0.6) is 11.5 Å². The first-order chi connectivity index (χ1) is 12.7. The molecule has 0 saturated heterocycles. The van der Waals surface area contributed by atoms with Crippen molar-refractivity contribution in [1.29, 1.82) is 5.26 Å². The summed E-state index contributed by atoms with van der Waals surface area (Å²) in [5, 5.41) is 14.8. The topological polar surface area (TPSA) is 74.2 Å². The molecular formula is C21H17N3O2. The van der Waals surface area contributed by atoms with Gasteiger partial charge in [-0.25, -0.2) is 0 Å². The fourth-order valence-electron chi connectivity index (χ4n) is 2.35. The van der Waals surface area contributed by atoms with Crippen molar-refractivity contribution < 1.29 is 9.53 Å². The van der Waals surface area contributed by atoms with Crippen LogP contribution in [0.2, 0.25) is 0 Å². The van der Waals surface area contributed by atoms with E-state index in [0.717, 1.165) is 0 Å². The van der Waals surface area contributed by atoms with Crippen molar-refractivity contribution in [1.82, 2.24) is 0 Å². The highest BCUT2D eigenvalue weighted by atomic mass is 16.5. The summed E-state index contributed by atoms with van der Waals surface area (Å²) in [5.74, 6) is 1.05. The summed E-state index contributed by atoms with van der Waals surface area (Å²) in [6, 6.07) is 25.7. The first-order valence-corrected chi connectivity index (χ1v) is 8.10. The second kappa shape index (κ2) is 8.36. The summed E-state index contributed by atoms with van der Waals surface area (Å²) < 4.78 is 5.83. The maximum atomic E-state index is 12.3. The van der Waals surface area contributed by atoms with Crippen molar-refractivity contribution in [3.63, 3.8) is 0 Å². The molecule has 3 aromatic carbocycles. The molecule has 0 heterocycles. The molecule has 5 nitrogen and oxygen atoms in total. The Labute approximate surface area is 151 Å². The van der Waals surface area contributed by atoms with E-state index in [1.54, 1.807) is 36.4 Å². The van der Waals surface area contributed by atoms with Crippen LogP contribution < -0.4 is 15.4 Å². The third-order valence-electron chi connectivity index (χ3n) is 3.58. The van der Waals surface area contributed by atoms with E-state index < -0.39 is 0 Å². The number of benzene rings is 3. The van der Waals surface area contributed by atoms with E-state index in [0.29, 0.717) is 28.4 Å². The van der Waals surface area contributed by atoms with Gasteiger partial charge in [-0.3, -0.25) is 4.79 Å². The van der Waals surface area contributed by atoms with Gasteiger partial charge in [0.05, 0.1) is 23.9 Å². The lowest BCUT2D eigenvalue weighted by Gasteiger charge is -2.13. The molecule has 0 atom stereocenters. The van der Waals surface area contributed by atoms with E-state index in [1.807, 2.05) is 42.5 Å². The molecule has 5 heteroatoms. The number of carbonyl (C=O) groups is 1. The maximum absolute atomic E-state index is 12.3. The van der Waals surface area contributed by atoms with Gasteiger partial charge in [-0.1, -0.05) is 36.4 Å². The number of rotatable bonds is 6. The molecule has 3 rings (SSSR count). The van der Waals surface area contributed by atoms with Gasteiger partial charge in [0, 0.05) is 5.69 Å². The Kier molecular flexibility index (Phi) is 5.48. The van der Waals surface area contributed by atoms with Gasteiger partial charge in [0.2, 0.25) is 5.91 Å². The molecular weight excluding hydrogens is 326 g/mol. The standard InChI is InChI=1S/C21H17N3O2/c22-14-16-7-6-8-17(13-16)23-15-21(25)24-19-11-4-5-12-20(19)26-18-9-2-1-3-10-18/h1-13,23H,15H2,(H,24,25). The number of hydrogen-bond donors (Lipinski definition) is 2. The molecule has 3 aromatic rings. The molecule has 0 saturated carbocycles. The minimum absolute atomic E-state index is 0.0779. The second-order valence-electron chi connectivity index (χ2n) is 5.51. The van der Waals surface area contributed by atoms with Gasteiger partial charge in [0.15, 0.2) is 5.75 Å². The van der Waals surface area contributed by atoms with E-state index in [-0.39, 0.29) is 12.5 Å². The number of ether oxygens (including phenoxy) is 1. The highest BCUT2D eigenvalue weighted by Gasteiger charge is 2.08. The number of para-hydroxylation sites is 3. The summed E-state index contributed by atoms with van der Waals surface area (Å²) >= 11 is 0. The largest absolute Gasteiger partial charge is 0.455 e. The summed E-state index contributed by atoms with van der Waals surface area (Å²) in [4.78, 5) is 12.3. The zero-order valence-corrected chi connectivity index (χ0v) is 14.0. The highest BCUT2D eigenvalue weighted by Crippen LogP contribution is 2.29. The minimum atomic E-state index is -0.212. The van der Waals surface area contributed by atoms with Crippen molar-refractivity contribution >= 4 is 17.3 Å². The predicted molar refractivity (Wildman–Crippen MR) is 101 cm³/mol. The predicted octanol–water partition coefficient (Wildman–Crippen LogP) is 4.40. The fourth-order valence-corrected chi connectivity index (χ4v) is 2.35. The monoisotopic (exact) mass is 343 g/mol. The Bertz CT molecular complexity index is 933. The van der Waals surface area contributed by atoms with Crippen molar-refractivity contribution in [2.45, 2.75) is 0 Å². The van der Waals surface area contributed by atoms with Gasteiger partial charge >= 0.3 is 0 Å². The quantitative estimate of drug-likeness (QED) is 0.695. The summed E-state index contributed by atoms with van der Waals surface area (Å²) in [6.07, 6.45) is 0. The smallest absolute Gasteiger partial charge is 0.243 e. The summed E-state index contributed by atoms with van der Waals surface area (Å²) in [7, 11) is 0. The van der Waals surface area contributed by atoms with E-state index in [1.165, 1.54) is 0 Å². The van der Waals surface area contributed by atoms with Crippen LogP contribution in [0, 0.1) is 11.3 Å². The molecule has 0 spiro atoms. The molecule has 0 aliphatic rings. The number of anilines is 2. The first kappa shape index (κ1) is 17.1. The lowest BCUT2D eigenvalue weighted by molar-refractivity contribution is -0.114. The van der Waals surface area contributed by atoms with E-state index in [9.17, 15) is 4.79 Å². The Morgan fingerprint density at radius 2 is 1.73 bits per heavy atom. The van der Waals surface area contributed by atoms with Crippen LogP contribution in [0.4, 0.5) is 11.4 Å². The van der Waals surface area contributed by atoms with Gasteiger partial charge < -0.3 is 15.4 Å². The lowest BCUT2D eigenvalue weighted by Crippen LogP contribution is -2.22. The van der Waals surface area contributed by atoms with Crippen LogP contribution in [0.3, 0.4) is 0 Å². The van der Waals surface area contributed by atoms with E-state index in [4.69, 9.17) is 10.00 Å². The van der Waals surface area contributed by atoms with Crippen LogP contribution in [0.1, 0.15) is 5.56 Å². The number of nitrogens with one attached hydrogen (secondary N) is 2. The summed E-state index contributed by atoms with van der Waals surface area (Å²) in [6.45, 7) is 0.0779. The second-order valence-corrected chi connectivity index (χ2v) is 5.51. The molecule has 0 fully saturated rings. The zero-order valence-electron chi connectivity index (χ0n) is 14.0. The van der Waals surface area contributed by atoms with Crippen LogP contribution in [-0.2, 0) is 4.79 Å². The number of nitriles is 1. The van der Waals surface area contributed by atoms with Gasteiger partial charge in [0.25, 0.3) is 0 Å². The van der Waals surface area contributed by atoms with Crippen LogP contribution in [0.15, 0.2) is 78.9 Å².